The van der Waals surface area contributed by atoms with Crippen molar-refractivity contribution in [2.45, 2.75) is 38.2 Å². The van der Waals surface area contributed by atoms with Crippen molar-refractivity contribution in [1.82, 2.24) is 5.32 Å². The number of para-hydroxylation sites is 1. The number of benzene rings is 2. The Kier molecular flexibility index (Phi) is 7.19. The maximum atomic E-state index is 12.3. The van der Waals surface area contributed by atoms with E-state index in [0.29, 0.717) is 13.0 Å². The lowest BCUT2D eigenvalue weighted by molar-refractivity contribution is -0.128. The van der Waals surface area contributed by atoms with Gasteiger partial charge in [-0.25, -0.2) is 0 Å². The van der Waals surface area contributed by atoms with Crippen molar-refractivity contribution in [3.8, 4) is 5.75 Å². The van der Waals surface area contributed by atoms with Crippen molar-refractivity contribution in [3.05, 3.63) is 59.7 Å². The number of nitrogens with one attached hydrogen (secondary N) is 1. The van der Waals surface area contributed by atoms with Crippen LogP contribution in [-0.4, -0.2) is 24.3 Å². The van der Waals surface area contributed by atoms with Gasteiger partial charge in [-0.15, -0.1) is 11.8 Å². The minimum Gasteiger partial charge on any atom is -0.480 e. The van der Waals surface area contributed by atoms with Gasteiger partial charge in [0, 0.05) is 17.2 Å². The van der Waals surface area contributed by atoms with Gasteiger partial charge in [-0.3, -0.25) is 4.79 Å². The average molecular weight is 343 g/mol. The number of thioether (sulfide) groups is 1. The fourth-order valence-corrected chi connectivity index (χ4v) is 3.02. The molecule has 0 unspecified atom stereocenters. The minimum atomic E-state index is -0.449. The van der Waals surface area contributed by atoms with Gasteiger partial charge in [0.1, 0.15) is 5.75 Å². The van der Waals surface area contributed by atoms with Crippen LogP contribution in [-0.2, 0) is 4.79 Å². The normalized spacial score (nSPS) is 11.8. The third kappa shape index (κ3) is 5.60. The Bertz CT molecular complexity index is 655. The molecule has 0 spiro atoms. The standard InChI is InChI=1S/C20H25NO2S/c1-4-18(23-19-8-6-5-7-16(19)3)20(22)21-13-14-24-17-11-9-15(2)10-12-17/h5-12,18H,4,13-14H2,1-3H3,(H,21,22)/t18-/m0/s1. The van der Waals surface area contributed by atoms with E-state index in [2.05, 4.69) is 36.5 Å². The molecular weight excluding hydrogens is 318 g/mol. The maximum absolute atomic E-state index is 12.3. The Morgan fingerprint density at radius 3 is 2.50 bits per heavy atom. The van der Waals surface area contributed by atoms with Crippen LogP contribution < -0.4 is 10.1 Å². The van der Waals surface area contributed by atoms with Crippen LogP contribution in [0.3, 0.4) is 0 Å². The first-order chi connectivity index (χ1) is 11.6. The van der Waals surface area contributed by atoms with Gasteiger partial charge in [-0.2, -0.15) is 0 Å². The van der Waals surface area contributed by atoms with Crippen LogP contribution in [0, 0.1) is 13.8 Å². The minimum absolute atomic E-state index is 0.0507. The van der Waals surface area contributed by atoms with Crippen LogP contribution in [0.25, 0.3) is 0 Å². The Morgan fingerprint density at radius 1 is 1.12 bits per heavy atom. The summed E-state index contributed by atoms with van der Waals surface area (Å²) >= 11 is 1.74. The Balaban J connectivity index is 1.77. The summed E-state index contributed by atoms with van der Waals surface area (Å²) < 4.78 is 5.87. The molecule has 1 N–H and O–H groups in total. The Hall–Kier alpha value is -1.94. The fourth-order valence-electron chi connectivity index (χ4n) is 2.26. The molecule has 24 heavy (non-hydrogen) atoms. The van der Waals surface area contributed by atoms with Crippen molar-refractivity contribution in [3.63, 3.8) is 0 Å². The molecule has 0 aliphatic rings. The molecule has 0 aliphatic heterocycles. The first-order valence-electron chi connectivity index (χ1n) is 8.29. The summed E-state index contributed by atoms with van der Waals surface area (Å²) in [7, 11) is 0. The first kappa shape index (κ1) is 18.4. The second-order valence-electron chi connectivity index (χ2n) is 5.73. The van der Waals surface area contributed by atoms with E-state index in [1.54, 1.807) is 11.8 Å². The lowest BCUT2D eigenvalue weighted by atomic mass is 10.2. The van der Waals surface area contributed by atoms with Gasteiger partial charge in [0.25, 0.3) is 5.91 Å². The summed E-state index contributed by atoms with van der Waals surface area (Å²) in [5.41, 5.74) is 2.30. The summed E-state index contributed by atoms with van der Waals surface area (Å²) in [6.45, 7) is 6.65. The SMILES string of the molecule is CC[C@H](Oc1ccccc1C)C(=O)NCCSc1ccc(C)cc1. The number of ether oxygens (including phenoxy) is 1. The molecule has 0 radical (unpaired) electrons. The number of rotatable bonds is 8. The molecular formula is C20H25NO2S. The highest BCUT2D eigenvalue weighted by Gasteiger charge is 2.18. The lowest BCUT2D eigenvalue weighted by Crippen LogP contribution is -2.39. The number of hydrogen-bond donors (Lipinski definition) is 1. The van der Waals surface area contributed by atoms with Gasteiger partial charge in [0.05, 0.1) is 0 Å². The van der Waals surface area contributed by atoms with E-state index in [9.17, 15) is 4.79 Å². The fraction of sp³-hybridized carbons (Fsp3) is 0.350. The predicted molar refractivity (Wildman–Crippen MR) is 101 cm³/mol. The molecule has 0 fully saturated rings. The molecule has 128 valence electrons. The van der Waals surface area contributed by atoms with Gasteiger partial charge >= 0.3 is 0 Å². The molecule has 2 rings (SSSR count). The summed E-state index contributed by atoms with van der Waals surface area (Å²) in [6.07, 6.45) is 0.195. The molecule has 1 atom stereocenters. The summed E-state index contributed by atoms with van der Waals surface area (Å²) in [5, 5.41) is 2.97. The van der Waals surface area contributed by atoms with Crippen LogP contribution in [0.5, 0.6) is 5.75 Å². The van der Waals surface area contributed by atoms with E-state index >= 15 is 0 Å². The van der Waals surface area contributed by atoms with Gasteiger partial charge in [0.15, 0.2) is 6.10 Å². The molecule has 0 saturated carbocycles. The maximum Gasteiger partial charge on any atom is 0.261 e. The van der Waals surface area contributed by atoms with Crippen molar-refractivity contribution >= 4 is 17.7 Å². The number of carbonyl (C=O) groups is 1. The molecule has 0 heterocycles. The molecule has 1 amide bonds. The van der Waals surface area contributed by atoms with Gasteiger partial charge in [-0.05, 0) is 44.0 Å². The van der Waals surface area contributed by atoms with Crippen LogP contribution in [0.15, 0.2) is 53.4 Å². The third-order valence-corrected chi connectivity index (χ3v) is 4.73. The summed E-state index contributed by atoms with van der Waals surface area (Å²) in [5.74, 6) is 1.56. The van der Waals surface area contributed by atoms with Gasteiger partial charge in [-0.1, -0.05) is 42.8 Å². The second-order valence-corrected chi connectivity index (χ2v) is 6.90. The van der Waals surface area contributed by atoms with E-state index in [1.807, 2.05) is 38.1 Å². The van der Waals surface area contributed by atoms with Crippen LogP contribution in [0.4, 0.5) is 0 Å². The van der Waals surface area contributed by atoms with Crippen LogP contribution >= 0.6 is 11.8 Å². The molecule has 0 aromatic heterocycles. The second kappa shape index (κ2) is 9.38. The Morgan fingerprint density at radius 2 is 1.83 bits per heavy atom. The van der Waals surface area contributed by atoms with Gasteiger partial charge < -0.3 is 10.1 Å². The van der Waals surface area contributed by atoms with Crippen LogP contribution in [0.1, 0.15) is 24.5 Å². The molecule has 2 aromatic rings. The lowest BCUT2D eigenvalue weighted by Gasteiger charge is -2.18. The predicted octanol–water partition coefficient (Wildman–Crippen LogP) is 4.37. The van der Waals surface area contributed by atoms with Crippen molar-refractivity contribution in [1.29, 1.82) is 0 Å². The van der Waals surface area contributed by atoms with Crippen molar-refractivity contribution < 1.29 is 9.53 Å². The van der Waals surface area contributed by atoms with E-state index in [0.717, 1.165) is 17.1 Å². The molecule has 0 bridgehead atoms. The van der Waals surface area contributed by atoms with E-state index in [1.165, 1.54) is 10.5 Å². The smallest absolute Gasteiger partial charge is 0.261 e. The summed E-state index contributed by atoms with van der Waals surface area (Å²) in [4.78, 5) is 13.5. The highest BCUT2D eigenvalue weighted by molar-refractivity contribution is 7.99. The number of aryl methyl sites for hydroxylation is 2. The van der Waals surface area contributed by atoms with Gasteiger partial charge in [0.2, 0.25) is 0 Å². The molecule has 0 saturated heterocycles. The number of carbonyl (C=O) groups excluding carboxylic acids is 1. The van der Waals surface area contributed by atoms with E-state index in [4.69, 9.17) is 4.74 Å². The van der Waals surface area contributed by atoms with Crippen molar-refractivity contribution in [2.75, 3.05) is 12.3 Å². The van der Waals surface area contributed by atoms with Crippen molar-refractivity contribution in [2.24, 2.45) is 0 Å². The molecule has 2 aromatic carbocycles. The third-order valence-electron chi connectivity index (χ3n) is 3.72. The molecule has 4 heteroatoms. The monoisotopic (exact) mass is 343 g/mol. The summed E-state index contributed by atoms with van der Waals surface area (Å²) in [6, 6.07) is 16.2. The molecule has 3 nitrogen and oxygen atoms in total. The number of amides is 1. The zero-order valence-electron chi connectivity index (χ0n) is 14.5. The molecule has 0 aliphatic carbocycles. The average Bonchev–Trinajstić information content (AvgIpc) is 2.59. The van der Waals surface area contributed by atoms with E-state index in [-0.39, 0.29) is 5.91 Å². The number of hydrogen-bond acceptors (Lipinski definition) is 3. The topological polar surface area (TPSA) is 38.3 Å². The zero-order valence-corrected chi connectivity index (χ0v) is 15.4. The largest absolute Gasteiger partial charge is 0.480 e. The Labute approximate surface area is 148 Å². The highest BCUT2D eigenvalue weighted by Crippen LogP contribution is 2.19. The quantitative estimate of drug-likeness (QED) is 0.571. The first-order valence-corrected chi connectivity index (χ1v) is 9.28. The zero-order chi connectivity index (χ0) is 17.4. The van der Waals surface area contributed by atoms with E-state index < -0.39 is 6.10 Å². The highest BCUT2D eigenvalue weighted by atomic mass is 32.2. The van der Waals surface area contributed by atoms with Crippen LogP contribution in [0.2, 0.25) is 0 Å².